The molecule has 0 bridgehead atoms. The topological polar surface area (TPSA) is 18.5 Å². The summed E-state index contributed by atoms with van der Waals surface area (Å²) in [6.07, 6.45) is 0. The number of ether oxygens (including phenoxy) is 2. The molecular weight excluding hydrogens is 136 g/mol. The van der Waals surface area contributed by atoms with E-state index < -0.39 is 5.12 Å². The lowest BCUT2D eigenvalue weighted by Gasteiger charge is -2.22. The minimum absolute atomic E-state index is 0.625. The molecule has 0 fully saturated rings. The molecule has 0 saturated carbocycles. The van der Waals surface area contributed by atoms with Gasteiger partial charge in [-0.3, -0.25) is 0 Å². The van der Waals surface area contributed by atoms with Gasteiger partial charge in [0.05, 0.1) is 0 Å². The third kappa shape index (κ3) is 4.75. The second-order valence-electron chi connectivity index (χ2n) is 1.76. The van der Waals surface area contributed by atoms with Gasteiger partial charge in [-0.25, -0.2) is 0 Å². The first-order chi connectivity index (χ1) is 4.12. The molecule has 0 unspecified atom stereocenters. The van der Waals surface area contributed by atoms with Crippen LogP contribution in [0.1, 0.15) is 20.8 Å². The van der Waals surface area contributed by atoms with Crippen molar-refractivity contribution in [2.45, 2.75) is 25.9 Å². The molecule has 9 heavy (non-hydrogen) atoms. The van der Waals surface area contributed by atoms with Gasteiger partial charge in [0.1, 0.15) is 0 Å². The molecule has 0 spiro atoms. The van der Waals surface area contributed by atoms with Crippen LogP contribution in [0.2, 0.25) is 0 Å². The lowest BCUT2D eigenvalue weighted by Crippen LogP contribution is -2.25. The van der Waals surface area contributed by atoms with Crippen molar-refractivity contribution in [2.24, 2.45) is 0 Å². The first-order valence-corrected chi connectivity index (χ1v) is 3.57. The van der Waals surface area contributed by atoms with Crippen LogP contribution in [-0.4, -0.2) is 18.3 Å². The average molecular weight is 150 g/mol. The van der Waals surface area contributed by atoms with E-state index in [0.717, 1.165) is 0 Å². The summed E-state index contributed by atoms with van der Waals surface area (Å²) in [5, 5.41) is -0.705. The molecule has 0 aliphatic carbocycles. The molecular formula is C6H14O2S. The van der Waals surface area contributed by atoms with E-state index in [9.17, 15) is 0 Å². The quantitative estimate of drug-likeness (QED) is 0.485. The summed E-state index contributed by atoms with van der Waals surface area (Å²) >= 11 is 4.10. The Hall–Kier alpha value is 0.270. The Bertz CT molecular complexity index is 65.5. The molecule has 0 saturated heterocycles. The average Bonchev–Trinajstić information content (AvgIpc) is 1.64. The zero-order valence-electron chi connectivity index (χ0n) is 6.18. The van der Waals surface area contributed by atoms with Crippen LogP contribution in [0.3, 0.4) is 0 Å². The van der Waals surface area contributed by atoms with E-state index in [-0.39, 0.29) is 0 Å². The molecule has 0 rings (SSSR count). The second kappa shape index (κ2) is 4.14. The van der Waals surface area contributed by atoms with E-state index in [1.165, 1.54) is 0 Å². The van der Waals surface area contributed by atoms with Gasteiger partial charge in [0.2, 0.25) is 5.12 Å². The van der Waals surface area contributed by atoms with Gasteiger partial charge in [-0.1, -0.05) is 0 Å². The van der Waals surface area contributed by atoms with Gasteiger partial charge < -0.3 is 9.47 Å². The van der Waals surface area contributed by atoms with Gasteiger partial charge >= 0.3 is 0 Å². The highest BCUT2D eigenvalue weighted by atomic mass is 32.1. The van der Waals surface area contributed by atoms with Crippen molar-refractivity contribution in [1.82, 2.24) is 0 Å². The third-order valence-electron chi connectivity index (χ3n) is 0.824. The molecule has 0 aromatic heterocycles. The normalized spacial score (nSPS) is 12.0. The van der Waals surface area contributed by atoms with E-state index in [0.29, 0.717) is 13.2 Å². The van der Waals surface area contributed by atoms with Crippen molar-refractivity contribution in [3.05, 3.63) is 0 Å². The van der Waals surface area contributed by atoms with Crippen molar-refractivity contribution < 1.29 is 9.47 Å². The lowest BCUT2D eigenvalue weighted by atomic mass is 10.7. The van der Waals surface area contributed by atoms with Crippen LogP contribution in [0.15, 0.2) is 0 Å². The van der Waals surface area contributed by atoms with Crippen LogP contribution < -0.4 is 0 Å². The summed E-state index contributed by atoms with van der Waals surface area (Å²) in [6, 6.07) is 0. The first kappa shape index (κ1) is 9.27. The molecule has 0 atom stereocenters. The number of thiol groups is 1. The third-order valence-corrected chi connectivity index (χ3v) is 1.08. The van der Waals surface area contributed by atoms with Gasteiger partial charge in [0, 0.05) is 13.2 Å². The van der Waals surface area contributed by atoms with Crippen LogP contribution >= 0.6 is 12.6 Å². The molecule has 0 aliphatic heterocycles. The van der Waals surface area contributed by atoms with Crippen molar-refractivity contribution in [1.29, 1.82) is 0 Å². The summed E-state index contributed by atoms with van der Waals surface area (Å²) in [6.45, 7) is 6.85. The molecule has 0 radical (unpaired) electrons. The van der Waals surface area contributed by atoms with E-state index in [2.05, 4.69) is 12.6 Å². The zero-order chi connectivity index (χ0) is 7.33. The maximum Gasteiger partial charge on any atom is 0.212 e. The highest BCUT2D eigenvalue weighted by Gasteiger charge is 2.17. The van der Waals surface area contributed by atoms with Crippen LogP contribution in [0.5, 0.6) is 0 Å². The molecule has 0 aromatic rings. The molecule has 56 valence electrons. The number of rotatable bonds is 4. The van der Waals surface area contributed by atoms with Crippen LogP contribution in [-0.2, 0) is 9.47 Å². The Kier molecular flexibility index (Phi) is 4.27. The molecule has 0 amide bonds. The smallest absolute Gasteiger partial charge is 0.212 e. The van der Waals surface area contributed by atoms with E-state index in [1.807, 2.05) is 13.8 Å². The predicted octanol–water partition coefficient (Wildman–Crippen LogP) is 1.66. The SMILES string of the molecule is CCOC(C)(S)OCC. The summed E-state index contributed by atoms with van der Waals surface area (Å²) in [5.41, 5.74) is 0. The van der Waals surface area contributed by atoms with Crippen molar-refractivity contribution >= 4 is 12.6 Å². The van der Waals surface area contributed by atoms with Crippen LogP contribution in [0.25, 0.3) is 0 Å². The Labute approximate surface area is 61.9 Å². The van der Waals surface area contributed by atoms with Crippen LogP contribution in [0.4, 0.5) is 0 Å². The Morgan fingerprint density at radius 2 is 1.56 bits per heavy atom. The maximum absolute atomic E-state index is 5.11. The first-order valence-electron chi connectivity index (χ1n) is 3.12. The molecule has 0 aromatic carbocycles. The zero-order valence-corrected chi connectivity index (χ0v) is 7.07. The summed E-state index contributed by atoms with van der Waals surface area (Å²) < 4.78 is 10.2. The van der Waals surface area contributed by atoms with E-state index >= 15 is 0 Å². The minimum Gasteiger partial charge on any atom is -0.342 e. The Morgan fingerprint density at radius 3 is 1.78 bits per heavy atom. The fourth-order valence-corrected chi connectivity index (χ4v) is 0.835. The molecule has 0 aliphatic rings. The van der Waals surface area contributed by atoms with Crippen molar-refractivity contribution in [3.8, 4) is 0 Å². The van der Waals surface area contributed by atoms with Gasteiger partial charge in [-0.05, 0) is 20.8 Å². The second-order valence-corrected chi connectivity index (χ2v) is 2.58. The van der Waals surface area contributed by atoms with E-state index in [4.69, 9.17) is 9.47 Å². The fraction of sp³-hybridized carbons (Fsp3) is 1.00. The number of hydrogen-bond acceptors (Lipinski definition) is 3. The standard InChI is InChI=1S/C6H14O2S/c1-4-7-6(3,9)8-5-2/h9H,4-5H2,1-3H3. The van der Waals surface area contributed by atoms with Crippen LogP contribution in [0, 0.1) is 0 Å². The lowest BCUT2D eigenvalue weighted by molar-refractivity contribution is -0.151. The Morgan fingerprint density at radius 1 is 1.22 bits per heavy atom. The summed E-state index contributed by atoms with van der Waals surface area (Å²) in [4.78, 5) is 0. The summed E-state index contributed by atoms with van der Waals surface area (Å²) in [7, 11) is 0. The van der Waals surface area contributed by atoms with Crippen molar-refractivity contribution in [2.75, 3.05) is 13.2 Å². The molecule has 0 heterocycles. The van der Waals surface area contributed by atoms with Crippen molar-refractivity contribution in [3.63, 3.8) is 0 Å². The molecule has 3 heteroatoms. The molecule has 0 N–H and O–H groups in total. The van der Waals surface area contributed by atoms with Gasteiger partial charge in [0.25, 0.3) is 0 Å². The largest absolute Gasteiger partial charge is 0.342 e. The summed E-state index contributed by atoms with van der Waals surface area (Å²) in [5.74, 6) is 0. The minimum atomic E-state index is -0.705. The fourth-order valence-electron chi connectivity index (χ4n) is 0.577. The van der Waals surface area contributed by atoms with Gasteiger partial charge in [-0.2, -0.15) is 0 Å². The monoisotopic (exact) mass is 150 g/mol. The Balaban J connectivity index is 3.43. The van der Waals surface area contributed by atoms with Gasteiger partial charge in [0.15, 0.2) is 0 Å². The number of hydrogen-bond donors (Lipinski definition) is 1. The predicted molar refractivity (Wildman–Crippen MR) is 40.6 cm³/mol. The van der Waals surface area contributed by atoms with E-state index in [1.54, 1.807) is 6.92 Å². The highest BCUT2D eigenvalue weighted by Crippen LogP contribution is 2.15. The van der Waals surface area contributed by atoms with Gasteiger partial charge in [-0.15, -0.1) is 12.6 Å². The molecule has 2 nitrogen and oxygen atoms in total. The maximum atomic E-state index is 5.11. The highest BCUT2D eigenvalue weighted by molar-refractivity contribution is 7.81.